The average molecular weight is 217 g/mol. The molecule has 16 heavy (non-hydrogen) atoms. The molecule has 0 saturated carbocycles. The Kier molecular flexibility index (Phi) is 2.85. The van der Waals surface area contributed by atoms with Crippen LogP contribution < -0.4 is 5.73 Å². The molecule has 0 amide bonds. The molecule has 2 heterocycles. The van der Waals surface area contributed by atoms with Gasteiger partial charge < -0.3 is 5.73 Å². The molecule has 0 radical (unpaired) electrons. The molecule has 2 N–H and O–H groups in total. The fraction of sp³-hybridized carbons (Fsp3) is 0.364. The van der Waals surface area contributed by atoms with Crippen molar-refractivity contribution in [2.75, 3.05) is 5.73 Å². The molecular formula is C11H15N5. The van der Waals surface area contributed by atoms with Gasteiger partial charge in [-0.3, -0.25) is 4.98 Å². The monoisotopic (exact) mass is 217 g/mol. The molecule has 0 aliphatic carbocycles. The summed E-state index contributed by atoms with van der Waals surface area (Å²) in [4.78, 5) is 8.68. The van der Waals surface area contributed by atoms with Gasteiger partial charge in [0.05, 0.1) is 11.9 Å². The van der Waals surface area contributed by atoms with Crippen molar-refractivity contribution in [2.24, 2.45) is 7.05 Å². The van der Waals surface area contributed by atoms with Crippen LogP contribution in [0, 0.1) is 0 Å². The first-order valence-corrected chi connectivity index (χ1v) is 5.32. The van der Waals surface area contributed by atoms with Crippen LogP contribution >= 0.6 is 0 Å². The summed E-state index contributed by atoms with van der Waals surface area (Å²) in [6.45, 7) is 2.11. The first kappa shape index (κ1) is 10.6. The Balaban J connectivity index is 2.36. The fourth-order valence-electron chi connectivity index (χ4n) is 1.53. The number of rotatable bonds is 3. The molecule has 5 heteroatoms. The lowest BCUT2D eigenvalue weighted by Crippen LogP contribution is -1.97. The number of aryl methyl sites for hydroxylation is 2. The van der Waals surface area contributed by atoms with Gasteiger partial charge in [-0.25, -0.2) is 9.67 Å². The predicted molar refractivity (Wildman–Crippen MR) is 62.6 cm³/mol. The number of nitrogens with zero attached hydrogens (tertiary/aromatic N) is 4. The molecule has 2 rings (SSSR count). The van der Waals surface area contributed by atoms with Gasteiger partial charge in [-0.2, -0.15) is 5.10 Å². The minimum atomic E-state index is 0.653. The van der Waals surface area contributed by atoms with Gasteiger partial charge >= 0.3 is 0 Å². The van der Waals surface area contributed by atoms with Crippen LogP contribution in [-0.4, -0.2) is 19.7 Å². The molecule has 0 spiro atoms. The highest BCUT2D eigenvalue weighted by atomic mass is 15.3. The Bertz CT molecular complexity index is 472. The number of anilines is 1. The Morgan fingerprint density at radius 3 is 2.81 bits per heavy atom. The second-order valence-corrected chi connectivity index (χ2v) is 3.70. The van der Waals surface area contributed by atoms with Gasteiger partial charge in [-0.1, -0.05) is 6.92 Å². The van der Waals surface area contributed by atoms with E-state index in [0.717, 1.165) is 30.2 Å². The third-order valence-corrected chi connectivity index (χ3v) is 2.30. The van der Waals surface area contributed by atoms with Crippen molar-refractivity contribution in [1.82, 2.24) is 19.7 Å². The zero-order valence-corrected chi connectivity index (χ0v) is 9.51. The van der Waals surface area contributed by atoms with Gasteiger partial charge in [0.1, 0.15) is 5.69 Å². The highest BCUT2D eigenvalue weighted by Gasteiger charge is 2.09. The number of nitrogen functional groups attached to an aromatic ring is 1. The van der Waals surface area contributed by atoms with Crippen molar-refractivity contribution < 1.29 is 0 Å². The average Bonchev–Trinajstić information content (AvgIpc) is 2.61. The van der Waals surface area contributed by atoms with Gasteiger partial charge in [0.2, 0.25) is 0 Å². The number of hydrogen-bond acceptors (Lipinski definition) is 4. The van der Waals surface area contributed by atoms with Crippen molar-refractivity contribution in [3.63, 3.8) is 0 Å². The van der Waals surface area contributed by atoms with E-state index in [-0.39, 0.29) is 0 Å². The maximum Gasteiger partial charge on any atom is 0.176 e. The molecular weight excluding hydrogens is 202 g/mol. The van der Waals surface area contributed by atoms with E-state index in [1.165, 1.54) is 0 Å². The maximum absolute atomic E-state index is 5.59. The molecule has 84 valence electrons. The van der Waals surface area contributed by atoms with Crippen molar-refractivity contribution in [1.29, 1.82) is 0 Å². The van der Waals surface area contributed by atoms with Crippen LogP contribution in [0.2, 0.25) is 0 Å². The minimum Gasteiger partial charge on any atom is -0.397 e. The second-order valence-electron chi connectivity index (χ2n) is 3.70. The Morgan fingerprint density at radius 2 is 2.19 bits per heavy atom. The van der Waals surface area contributed by atoms with Crippen LogP contribution in [0.1, 0.15) is 19.2 Å². The first-order valence-electron chi connectivity index (χ1n) is 5.32. The Hall–Kier alpha value is -1.91. The molecule has 5 nitrogen and oxygen atoms in total. The zero-order valence-electron chi connectivity index (χ0n) is 9.51. The van der Waals surface area contributed by atoms with Gasteiger partial charge in [-0.15, -0.1) is 0 Å². The van der Waals surface area contributed by atoms with Gasteiger partial charge in [0.15, 0.2) is 11.6 Å². The smallest absolute Gasteiger partial charge is 0.176 e. The van der Waals surface area contributed by atoms with Crippen molar-refractivity contribution in [2.45, 2.75) is 19.8 Å². The van der Waals surface area contributed by atoms with Crippen LogP contribution in [0.4, 0.5) is 5.69 Å². The Morgan fingerprint density at radius 1 is 1.38 bits per heavy atom. The maximum atomic E-state index is 5.59. The lowest BCUT2D eigenvalue weighted by molar-refractivity contribution is 0.736. The molecule has 0 atom stereocenters. The molecule has 2 aromatic heterocycles. The van der Waals surface area contributed by atoms with Crippen molar-refractivity contribution in [3.05, 3.63) is 24.2 Å². The third kappa shape index (κ3) is 2.03. The standard InChI is InChI=1S/C11H15N5/c1-3-4-10-14-11(16(2)15-10)9-6-5-8(12)7-13-9/h5-7H,3-4,12H2,1-2H3. The lowest BCUT2D eigenvalue weighted by atomic mass is 10.3. The first-order chi connectivity index (χ1) is 7.70. The SMILES string of the molecule is CCCc1nc(-c2ccc(N)cn2)n(C)n1. The summed E-state index contributed by atoms with van der Waals surface area (Å²) in [6, 6.07) is 3.67. The number of pyridine rings is 1. The van der Waals surface area contributed by atoms with Crippen molar-refractivity contribution in [3.8, 4) is 11.5 Å². The molecule has 0 saturated heterocycles. The summed E-state index contributed by atoms with van der Waals surface area (Å²) in [7, 11) is 1.87. The third-order valence-electron chi connectivity index (χ3n) is 2.30. The Labute approximate surface area is 94.3 Å². The second kappa shape index (κ2) is 4.30. The summed E-state index contributed by atoms with van der Waals surface area (Å²) in [6.07, 6.45) is 3.56. The largest absolute Gasteiger partial charge is 0.397 e. The zero-order chi connectivity index (χ0) is 11.5. The normalized spacial score (nSPS) is 10.6. The number of hydrogen-bond donors (Lipinski definition) is 1. The van der Waals surface area contributed by atoms with Crippen LogP contribution in [0.15, 0.2) is 18.3 Å². The molecule has 0 bridgehead atoms. The van der Waals surface area contributed by atoms with Crippen LogP contribution in [-0.2, 0) is 13.5 Å². The highest BCUT2D eigenvalue weighted by Crippen LogP contribution is 2.15. The summed E-state index contributed by atoms with van der Waals surface area (Å²) < 4.78 is 1.75. The van der Waals surface area contributed by atoms with E-state index in [0.29, 0.717) is 5.69 Å². The summed E-state index contributed by atoms with van der Waals surface area (Å²) in [5, 5.41) is 4.33. The fourth-order valence-corrected chi connectivity index (χ4v) is 1.53. The van der Waals surface area contributed by atoms with Crippen LogP contribution in [0.3, 0.4) is 0 Å². The van der Waals surface area contributed by atoms with E-state index >= 15 is 0 Å². The van der Waals surface area contributed by atoms with E-state index in [2.05, 4.69) is 22.0 Å². The summed E-state index contributed by atoms with van der Waals surface area (Å²) >= 11 is 0. The van der Waals surface area contributed by atoms with Crippen LogP contribution in [0.5, 0.6) is 0 Å². The van der Waals surface area contributed by atoms with E-state index in [1.807, 2.05) is 19.2 Å². The van der Waals surface area contributed by atoms with E-state index in [9.17, 15) is 0 Å². The highest BCUT2D eigenvalue weighted by molar-refractivity contribution is 5.52. The number of nitrogens with two attached hydrogens (primary N) is 1. The van der Waals surface area contributed by atoms with E-state index in [1.54, 1.807) is 10.9 Å². The molecule has 2 aromatic rings. The van der Waals surface area contributed by atoms with Crippen LogP contribution in [0.25, 0.3) is 11.5 Å². The van der Waals surface area contributed by atoms with E-state index < -0.39 is 0 Å². The lowest BCUT2D eigenvalue weighted by Gasteiger charge is -1.98. The molecule has 0 unspecified atom stereocenters. The van der Waals surface area contributed by atoms with E-state index in [4.69, 9.17) is 5.73 Å². The van der Waals surface area contributed by atoms with Gasteiger partial charge in [0.25, 0.3) is 0 Å². The summed E-state index contributed by atoms with van der Waals surface area (Å²) in [5.41, 5.74) is 7.04. The van der Waals surface area contributed by atoms with Gasteiger partial charge in [-0.05, 0) is 18.6 Å². The quantitative estimate of drug-likeness (QED) is 0.844. The predicted octanol–water partition coefficient (Wildman–Crippen LogP) is 1.41. The molecule has 0 aliphatic heterocycles. The molecule has 0 aromatic carbocycles. The topological polar surface area (TPSA) is 69.6 Å². The summed E-state index contributed by atoms with van der Waals surface area (Å²) in [5.74, 6) is 1.64. The van der Waals surface area contributed by atoms with Crippen molar-refractivity contribution >= 4 is 5.69 Å². The van der Waals surface area contributed by atoms with Gasteiger partial charge in [0, 0.05) is 13.5 Å². The number of aromatic nitrogens is 4. The molecule has 0 fully saturated rings. The minimum absolute atomic E-state index is 0.653. The molecule has 0 aliphatic rings.